The van der Waals surface area contributed by atoms with Gasteiger partial charge in [0.2, 0.25) is 0 Å². The van der Waals surface area contributed by atoms with E-state index in [1.165, 1.54) is 28.5 Å². The Kier molecular flexibility index (Phi) is 4.85. The van der Waals surface area contributed by atoms with Crippen LogP contribution in [-0.2, 0) is 6.54 Å². The monoisotopic (exact) mass is 352 g/mol. The lowest BCUT2D eigenvalue weighted by molar-refractivity contribution is 0.507. The van der Waals surface area contributed by atoms with Crippen molar-refractivity contribution in [2.24, 2.45) is 5.92 Å². The molecule has 26 heavy (non-hydrogen) atoms. The molecule has 4 rings (SSSR count). The van der Waals surface area contributed by atoms with Gasteiger partial charge >= 0.3 is 0 Å². The van der Waals surface area contributed by atoms with Gasteiger partial charge in [-0.15, -0.1) is 0 Å². The minimum Gasteiger partial charge on any atom is -0.371 e. The molecule has 0 radical (unpaired) electrons. The molecule has 4 heteroatoms. The topological polar surface area (TPSA) is 15.3 Å². The van der Waals surface area contributed by atoms with Crippen molar-refractivity contribution < 1.29 is 8.78 Å². The maximum atomic E-state index is 13.4. The molecule has 0 bridgehead atoms. The van der Waals surface area contributed by atoms with E-state index in [2.05, 4.69) is 52.7 Å². The molecule has 134 valence electrons. The summed E-state index contributed by atoms with van der Waals surface area (Å²) in [6, 6.07) is 19.1. The van der Waals surface area contributed by atoms with E-state index in [4.69, 9.17) is 0 Å². The quantitative estimate of drug-likeness (QED) is 0.714. The second-order valence-corrected chi connectivity index (χ2v) is 7.01. The molecule has 0 spiro atoms. The second-order valence-electron chi connectivity index (χ2n) is 7.01. The lowest BCUT2D eigenvalue weighted by Crippen LogP contribution is -2.26. The third-order valence-corrected chi connectivity index (χ3v) is 5.13. The van der Waals surface area contributed by atoms with Crippen molar-refractivity contribution in [1.82, 2.24) is 5.32 Å². The Hall–Kier alpha value is -2.46. The molecule has 2 nitrogen and oxygen atoms in total. The Bertz CT molecular complexity index is 910. The van der Waals surface area contributed by atoms with Crippen molar-refractivity contribution in [3.8, 4) is 0 Å². The van der Waals surface area contributed by atoms with Crippen LogP contribution in [0.4, 0.5) is 14.5 Å². The first-order chi connectivity index (χ1) is 12.7. The molecule has 1 unspecified atom stereocenters. The van der Waals surface area contributed by atoms with Crippen LogP contribution >= 0.6 is 0 Å². The standard InChI is InChI=1S/C22H22F2N2/c23-21-8-7-20(12-22(21)24)26-10-9-17(15-26)14-25-13-16-5-6-18-3-1-2-4-19(18)11-16/h1-8,11-12,17,25H,9-10,13-15H2. The maximum Gasteiger partial charge on any atom is 0.160 e. The van der Waals surface area contributed by atoms with Crippen molar-refractivity contribution in [2.75, 3.05) is 24.5 Å². The van der Waals surface area contributed by atoms with Gasteiger partial charge in [-0.2, -0.15) is 0 Å². The first-order valence-corrected chi connectivity index (χ1v) is 9.07. The summed E-state index contributed by atoms with van der Waals surface area (Å²) in [6.45, 7) is 3.52. The van der Waals surface area contributed by atoms with Crippen molar-refractivity contribution in [3.05, 3.63) is 77.9 Å². The highest BCUT2D eigenvalue weighted by Crippen LogP contribution is 2.25. The number of hydrogen-bond donors (Lipinski definition) is 1. The summed E-state index contributed by atoms with van der Waals surface area (Å²) >= 11 is 0. The predicted molar refractivity (Wildman–Crippen MR) is 102 cm³/mol. The number of benzene rings is 3. The first kappa shape index (κ1) is 17.0. The molecular formula is C22H22F2N2. The van der Waals surface area contributed by atoms with Gasteiger partial charge in [-0.25, -0.2) is 8.78 Å². The van der Waals surface area contributed by atoms with E-state index in [1.54, 1.807) is 6.07 Å². The largest absolute Gasteiger partial charge is 0.371 e. The van der Waals surface area contributed by atoms with Gasteiger partial charge in [0.15, 0.2) is 11.6 Å². The zero-order chi connectivity index (χ0) is 17.9. The van der Waals surface area contributed by atoms with Crippen LogP contribution in [0.1, 0.15) is 12.0 Å². The Morgan fingerprint density at radius 1 is 0.923 bits per heavy atom. The third-order valence-electron chi connectivity index (χ3n) is 5.13. The number of anilines is 1. The van der Waals surface area contributed by atoms with Crippen LogP contribution < -0.4 is 10.2 Å². The van der Waals surface area contributed by atoms with Crippen LogP contribution in [0.2, 0.25) is 0 Å². The smallest absolute Gasteiger partial charge is 0.160 e. The summed E-state index contributed by atoms with van der Waals surface area (Å²) in [5.74, 6) is -1.05. The summed E-state index contributed by atoms with van der Waals surface area (Å²) in [5.41, 5.74) is 2.04. The average molecular weight is 352 g/mol. The van der Waals surface area contributed by atoms with E-state index >= 15 is 0 Å². The van der Waals surface area contributed by atoms with Crippen LogP contribution in [0.25, 0.3) is 10.8 Å². The number of fused-ring (bicyclic) bond motifs is 1. The lowest BCUT2D eigenvalue weighted by Gasteiger charge is -2.19. The molecule has 1 aliphatic heterocycles. The number of rotatable bonds is 5. The average Bonchev–Trinajstić information content (AvgIpc) is 3.13. The molecule has 3 aromatic carbocycles. The highest BCUT2D eigenvalue weighted by atomic mass is 19.2. The second kappa shape index (κ2) is 7.42. The van der Waals surface area contributed by atoms with Crippen LogP contribution in [0.5, 0.6) is 0 Å². The van der Waals surface area contributed by atoms with Gasteiger partial charge in [0.05, 0.1) is 0 Å². The highest BCUT2D eigenvalue weighted by molar-refractivity contribution is 5.82. The van der Waals surface area contributed by atoms with Crippen molar-refractivity contribution >= 4 is 16.5 Å². The summed E-state index contributed by atoms with van der Waals surface area (Å²) in [5, 5.41) is 6.06. The fourth-order valence-corrected chi connectivity index (χ4v) is 3.68. The third kappa shape index (κ3) is 3.70. The van der Waals surface area contributed by atoms with Crippen LogP contribution in [0, 0.1) is 17.6 Å². The number of halogens is 2. The van der Waals surface area contributed by atoms with Gasteiger partial charge in [-0.3, -0.25) is 0 Å². The Morgan fingerprint density at radius 3 is 2.62 bits per heavy atom. The van der Waals surface area contributed by atoms with Gasteiger partial charge in [0, 0.05) is 37.9 Å². The molecule has 0 aliphatic carbocycles. The molecule has 0 saturated carbocycles. The Balaban J connectivity index is 1.30. The SMILES string of the molecule is Fc1ccc(N2CCC(CNCc3ccc4ccccc4c3)C2)cc1F. The molecule has 1 heterocycles. The van der Waals surface area contributed by atoms with Gasteiger partial charge < -0.3 is 10.2 Å². The molecule has 0 aromatic heterocycles. The lowest BCUT2D eigenvalue weighted by atomic mass is 10.1. The highest BCUT2D eigenvalue weighted by Gasteiger charge is 2.23. The summed E-state index contributed by atoms with van der Waals surface area (Å²) in [6.07, 6.45) is 1.06. The van der Waals surface area contributed by atoms with Crippen LogP contribution in [0.15, 0.2) is 60.7 Å². The van der Waals surface area contributed by atoms with Gasteiger partial charge in [0.1, 0.15) is 0 Å². The predicted octanol–water partition coefficient (Wildman–Crippen LogP) is 4.73. The minimum absolute atomic E-state index is 0.517. The molecule has 1 atom stereocenters. The van der Waals surface area contributed by atoms with Gasteiger partial charge in [-0.05, 0) is 46.9 Å². The fraction of sp³-hybridized carbons (Fsp3) is 0.273. The van der Waals surface area contributed by atoms with Crippen molar-refractivity contribution in [1.29, 1.82) is 0 Å². The van der Waals surface area contributed by atoms with Gasteiger partial charge in [0.25, 0.3) is 0 Å². The van der Waals surface area contributed by atoms with Crippen LogP contribution in [0.3, 0.4) is 0 Å². The van der Waals surface area contributed by atoms with Crippen molar-refractivity contribution in [2.45, 2.75) is 13.0 Å². The van der Waals surface area contributed by atoms with E-state index in [9.17, 15) is 8.78 Å². The molecule has 1 aliphatic rings. The Morgan fingerprint density at radius 2 is 1.77 bits per heavy atom. The zero-order valence-corrected chi connectivity index (χ0v) is 14.6. The normalized spacial score (nSPS) is 17.2. The molecule has 0 amide bonds. The van der Waals surface area contributed by atoms with Crippen LogP contribution in [-0.4, -0.2) is 19.6 Å². The van der Waals surface area contributed by atoms with E-state index in [1.807, 2.05) is 0 Å². The molecule has 1 N–H and O–H groups in total. The number of nitrogens with one attached hydrogen (secondary N) is 1. The molecular weight excluding hydrogens is 330 g/mol. The minimum atomic E-state index is -0.790. The number of nitrogens with zero attached hydrogens (tertiary/aromatic N) is 1. The van der Waals surface area contributed by atoms with E-state index in [0.29, 0.717) is 5.92 Å². The molecule has 1 fully saturated rings. The van der Waals surface area contributed by atoms with E-state index < -0.39 is 11.6 Å². The van der Waals surface area contributed by atoms with E-state index in [-0.39, 0.29) is 0 Å². The van der Waals surface area contributed by atoms with Crippen molar-refractivity contribution in [3.63, 3.8) is 0 Å². The molecule has 1 saturated heterocycles. The number of hydrogen-bond acceptors (Lipinski definition) is 2. The summed E-state index contributed by atoms with van der Waals surface area (Å²) in [7, 11) is 0. The fourth-order valence-electron chi connectivity index (χ4n) is 3.68. The maximum absolute atomic E-state index is 13.4. The zero-order valence-electron chi connectivity index (χ0n) is 14.6. The summed E-state index contributed by atoms with van der Waals surface area (Å²) < 4.78 is 26.5. The molecule has 3 aromatic rings. The van der Waals surface area contributed by atoms with Gasteiger partial charge in [-0.1, -0.05) is 36.4 Å². The summed E-state index contributed by atoms with van der Waals surface area (Å²) in [4.78, 5) is 2.13. The van der Waals surface area contributed by atoms with E-state index in [0.717, 1.165) is 38.3 Å². The first-order valence-electron chi connectivity index (χ1n) is 9.07. The Labute approximate surface area is 152 Å².